The monoisotopic (exact) mass is 418 g/mol. The van der Waals surface area contributed by atoms with E-state index in [1.807, 2.05) is 18.2 Å². The van der Waals surface area contributed by atoms with Gasteiger partial charge in [0, 0.05) is 10.2 Å². The maximum atomic E-state index is 12.6. The standard InChI is InChI=1S/C20H23BrN2O3/c1-5-12-9-10-13(11-16(12)21)23-18(24)14-7-6-8-15(17(14)22)19(25)26-20(2,3)4/h6-11H,5,22H2,1-4H3,(H,23,24). The number of carbonyl (C=O) groups is 2. The molecule has 0 atom stereocenters. The third kappa shape index (κ3) is 4.85. The van der Waals surface area contributed by atoms with Crippen molar-refractivity contribution < 1.29 is 14.3 Å². The highest BCUT2D eigenvalue weighted by Crippen LogP contribution is 2.25. The van der Waals surface area contributed by atoms with Crippen LogP contribution < -0.4 is 11.1 Å². The van der Waals surface area contributed by atoms with Crippen LogP contribution in [0, 0.1) is 0 Å². The van der Waals surface area contributed by atoms with Crippen LogP contribution in [-0.4, -0.2) is 17.5 Å². The molecule has 1 amide bonds. The Hall–Kier alpha value is -2.34. The van der Waals surface area contributed by atoms with E-state index in [2.05, 4.69) is 28.2 Å². The van der Waals surface area contributed by atoms with E-state index in [0.29, 0.717) is 5.69 Å². The number of rotatable bonds is 4. The van der Waals surface area contributed by atoms with Crippen molar-refractivity contribution in [1.29, 1.82) is 0 Å². The number of nitrogens with two attached hydrogens (primary N) is 1. The number of benzene rings is 2. The van der Waals surface area contributed by atoms with Crippen molar-refractivity contribution in [2.24, 2.45) is 0 Å². The van der Waals surface area contributed by atoms with E-state index in [0.717, 1.165) is 16.5 Å². The molecule has 0 fully saturated rings. The smallest absolute Gasteiger partial charge is 0.340 e. The van der Waals surface area contributed by atoms with Gasteiger partial charge in [0.05, 0.1) is 16.8 Å². The summed E-state index contributed by atoms with van der Waals surface area (Å²) in [6.45, 7) is 7.38. The first-order valence-electron chi connectivity index (χ1n) is 8.34. The lowest BCUT2D eigenvalue weighted by molar-refractivity contribution is 0.00708. The van der Waals surface area contributed by atoms with Gasteiger partial charge in [-0.15, -0.1) is 0 Å². The number of hydrogen-bond acceptors (Lipinski definition) is 4. The van der Waals surface area contributed by atoms with Crippen molar-refractivity contribution >= 4 is 39.2 Å². The van der Waals surface area contributed by atoms with Gasteiger partial charge in [0.25, 0.3) is 5.91 Å². The van der Waals surface area contributed by atoms with Crippen molar-refractivity contribution in [3.05, 3.63) is 57.6 Å². The number of aryl methyl sites for hydroxylation is 1. The summed E-state index contributed by atoms with van der Waals surface area (Å²) < 4.78 is 6.27. The van der Waals surface area contributed by atoms with E-state index in [1.165, 1.54) is 0 Å². The highest BCUT2D eigenvalue weighted by Gasteiger charge is 2.22. The summed E-state index contributed by atoms with van der Waals surface area (Å²) in [5, 5.41) is 2.80. The van der Waals surface area contributed by atoms with Crippen LogP contribution in [0.15, 0.2) is 40.9 Å². The van der Waals surface area contributed by atoms with Crippen LogP contribution in [0.4, 0.5) is 11.4 Å². The number of hydrogen-bond donors (Lipinski definition) is 2. The summed E-state index contributed by atoms with van der Waals surface area (Å²) in [4.78, 5) is 24.9. The molecule has 0 aromatic heterocycles. The minimum absolute atomic E-state index is 0.100. The third-order valence-corrected chi connectivity index (χ3v) is 4.40. The zero-order chi connectivity index (χ0) is 19.5. The van der Waals surface area contributed by atoms with Crippen molar-refractivity contribution in [1.82, 2.24) is 0 Å². The third-order valence-electron chi connectivity index (χ3n) is 3.66. The fraction of sp³-hybridized carbons (Fsp3) is 0.300. The average Bonchev–Trinajstić information content (AvgIpc) is 2.53. The molecule has 0 aliphatic carbocycles. The van der Waals surface area contributed by atoms with Gasteiger partial charge in [0.15, 0.2) is 0 Å². The Balaban J connectivity index is 2.26. The number of para-hydroxylation sites is 1. The topological polar surface area (TPSA) is 81.4 Å². The van der Waals surface area contributed by atoms with E-state index in [9.17, 15) is 9.59 Å². The number of esters is 1. The Morgan fingerprint density at radius 2 is 1.81 bits per heavy atom. The van der Waals surface area contributed by atoms with Gasteiger partial charge < -0.3 is 15.8 Å². The normalized spacial score (nSPS) is 11.1. The minimum Gasteiger partial charge on any atom is -0.456 e. The fourth-order valence-electron chi connectivity index (χ4n) is 2.38. The molecule has 0 heterocycles. The number of amides is 1. The van der Waals surface area contributed by atoms with Crippen molar-refractivity contribution in [3.8, 4) is 0 Å². The molecule has 0 unspecified atom stereocenters. The lowest BCUT2D eigenvalue weighted by Crippen LogP contribution is -2.25. The van der Waals surface area contributed by atoms with Crippen LogP contribution in [0.1, 0.15) is 54.0 Å². The number of ether oxygens (including phenoxy) is 1. The van der Waals surface area contributed by atoms with Gasteiger partial charge in [-0.2, -0.15) is 0 Å². The van der Waals surface area contributed by atoms with E-state index in [4.69, 9.17) is 10.5 Å². The van der Waals surface area contributed by atoms with Gasteiger partial charge in [0.1, 0.15) is 5.60 Å². The van der Waals surface area contributed by atoms with E-state index < -0.39 is 11.6 Å². The van der Waals surface area contributed by atoms with Crippen LogP contribution >= 0.6 is 15.9 Å². The maximum Gasteiger partial charge on any atom is 0.340 e. The Kier molecular flexibility index (Phi) is 6.08. The van der Waals surface area contributed by atoms with Crippen LogP contribution in [0.3, 0.4) is 0 Å². The minimum atomic E-state index is -0.644. The Morgan fingerprint density at radius 1 is 1.15 bits per heavy atom. The van der Waals surface area contributed by atoms with E-state index in [-0.39, 0.29) is 22.7 Å². The Labute approximate surface area is 162 Å². The van der Waals surface area contributed by atoms with E-state index in [1.54, 1.807) is 39.0 Å². The largest absolute Gasteiger partial charge is 0.456 e. The zero-order valence-electron chi connectivity index (χ0n) is 15.4. The van der Waals surface area contributed by atoms with Crippen molar-refractivity contribution in [3.63, 3.8) is 0 Å². The fourth-order valence-corrected chi connectivity index (χ4v) is 3.04. The van der Waals surface area contributed by atoms with Gasteiger partial charge in [-0.3, -0.25) is 4.79 Å². The molecular formula is C20H23BrN2O3. The van der Waals surface area contributed by atoms with Gasteiger partial charge >= 0.3 is 5.97 Å². The molecule has 0 aliphatic rings. The first kappa shape index (κ1) is 20.0. The second-order valence-corrected chi connectivity index (χ2v) is 7.74. The Bertz CT molecular complexity index is 841. The predicted octanol–water partition coefficient (Wildman–Crippen LogP) is 4.80. The van der Waals surface area contributed by atoms with Gasteiger partial charge in [0.2, 0.25) is 0 Å². The molecule has 5 nitrogen and oxygen atoms in total. The first-order valence-corrected chi connectivity index (χ1v) is 9.13. The number of halogens is 1. The summed E-state index contributed by atoms with van der Waals surface area (Å²) in [6.07, 6.45) is 0.889. The number of anilines is 2. The lowest BCUT2D eigenvalue weighted by atomic mass is 10.1. The summed E-state index contributed by atoms with van der Waals surface area (Å²) in [7, 11) is 0. The molecule has 0 aliphatic heterocycles. The SMILES string of the molecule is CCc1ccc(NC(=O)c2cccc(C(=O)OC(C)(C)C)c2N)cc1Br. The molecule has 138 valence electrons. The Morgan fingerprint density at radius 3 is 2.38 bits per heavy atom. The number of carbonyl (C=O) groups excluding carboxylic acids is 2. The van der Waals surface area contributed by atoms with Crippen molar-refractivity contribution in [2.75, 3.05) is 11.1 Å². The summed E-state index contributed by atoms with van der Waals surface area (Å²) >= 11 is 3.49. The molecular weight excluding hydrogens is 396 g/mol. The highest BCUT2D eigenvalue weighted by atomic mass is 79.9. The molecule has 0 radical (unpaired) electrons. The van der Waals surface area contributed by atoms with Crippen LogP contribution in [0.5, 0.6) is 0 Å². The molecule has 0 bridgehead atoms. The van der Waals surface area contributed by atoms with Crippen molar-refractivity contribution in [2.45, 2.75) is 39.7 Å². The maximum absolute atomic E-state index is 12.6. The van der Waals surface area contributed by atoms with E-state index >= 15 is 0 Å². The van der Waals surface area contributed by atoms with Gasteiger partial charge in [-0.25, -0.2) is 4.79 Å². The number of nitrogen functional groups attached to an aromatic ring is 1. The molecule has 0 saturated carbocycles. The second-order valence-electron chi connectivity index (χ2n) is 6.88. The summed E-state index contributed by atoms with van der Waals surface area (Å²) in [6, 6.07) is 10.3. The molecule has 2 rings (SSSR count). The predicted molar refractivity (Wildman–Crippen MR) is 107 cm³/mol. The second kappa shape index (κ2) is 7.91. The molecule has 2 aromatic carbocycles. The quantitative estimate of drug-likeness (QED) is 0.551. The number of nitrogens with one attached hydrogen (secondary N) is 1. The summed E-state index contributed by atoms with van der Waals surface area (Å²) in [5.74, 6) is -0.941. The molecule has 26 heavy (non-hydrogen) atoms. The van der Waals surface area contributed by atoms with Crippen LogP contribution in [0.25, 0.3) is 0 Å². The first-order chi connectivity index (χ1) is 12.1. The molecule has 6 heteroatoms. The average molecular weight is 419 g/mol. The molecule has 0 saturated heterocycles. The van der Waals surface area contributed by atoms with Crippen LogP contribution in [-0.2, 0) is 11.2 Å². The van der Waals surface area contributed by atoms with Crippen LogP contribution in [0.2, 0.25) is 0 Å². The van der Waals surface area contributed by atoms with Gasteiger partial charge in [-0.05, 0) is 57.0 Å². The summed E-state index contributed by atoms with van der Waals surface area (Å²) in [5.41, 5.74) is 7.71. The lowest BCUT2D eigenvalue weighted by Gasteiger charge is -2.20. The molecule has 3 N–H and O–H groups in total. The molecule has 0 spiro atoms. The molecule has 2 aromatic rings. The zero-order valence-corrected chi connectivity index (χ0v) is 16.9. The van der Waals surface area contributed by atoms with Gasteiger partial charge in [-0.1, -0.05) is 35.0 Å². The highest BCUT2D eigenvalue weighted by molar-refractivity contribution is 9.10.